The molecule has 0 amide bonds. The van der Waals surface area contributed by atoms with E-state index in [2.05, 4.69) is 0 Å². The summed E-state index contributed by atoms with van der Waals surface area (Å²) in [5.41, 5.74) is -0.562. The van der Waals surface area contributed by atoms with Gasteiger partial charge in [0, 0.05) is 24.7 Å². The molecule has 17 heavy (non-hydrogen) atoms. The molecule has 1 N–H and O–H groups in total. The lowest BCUT2D eigenvalue weighted by Gasteiger charge is -2.26. The molecule has 0 aliphatic rings. The minimum Gasteiger partial charge on any atom is -0.389 e. The summed E-state index contributed by atoms with van der Waals surface area (Å²) in [6, 6.07) is 4.47. The van der Waals surface area contributed by atoms with Crippen molar-refractivity contribution in [2.24, 2.45) is 0 Å². The lowest BCUT2D eigenvalue weighted by Crippen LogP contribution is -2.36. The summed E-state index contributed by atoms with van der Waals surface area (Å²) < 4.78 is 0. The molecule has 0 aliphatic carbocycles. The van der Waals surface area contributed by atoms with Crippen molar-refractivity contribution in [1.29, 1.82) is 0 Å². The molecule has 6 heteroatoms. The van der Waals surface area contributed by atoms with E-state index in [1.54, 1.807) is 37.9 Å². The summed E-state index contributed by atoms with van der Waals surface area (Å²) in [6.07, 6.45) is 0. The van der Waals surface area contributed by atoms with Crippen LogP contribution in [0.5, 0.6) is 0 Å². The number of halogens is 1. The maximum Gasteiger partial charge on any atom is 0.294 e. The second-order valence-corrected chi connectivity index (χ2v) is 5.00. The Hall–Kier alpha value is -1.33. The van der Waals surface area contributed by atoms with Gasteiger partial charge in [-0.25, -0.2) is 0 Å². The summed E-state index contributed by atoms with van der Waals surface area (Å²) >= 11 is 5.73. The van der Waals surface area contributed by atoms with Crippen molar-refractivity contribution < 1.29 is 10.0 Å². The van der Waals surface area contributed by atoms with E-state index in [1.807, 2.05) is 0 Å². The largest absolute Gasteiger partial charge is 0.389 e. The summed E-state index contributed by atoms with van der Waals surface area (Å²) in [7, 11) is 1.69. The van der Waals surface area contributed by atoms with Gasteiger partial charge in [0.25, 0.3) is 5.69 Å². The molecule has 1 rings (SSSR count). The first kappa shape index (κ1) is 13.7. The van der Waals surface area contributed by atoms with Crippen LogP contribution in [0.25, 0.3) is 0 Å². The van der Waals surface area contributed by atoms with Crippen LogP contribution in [0.3, 0.4) is 0 Å². The third-order valence-electron chi connectivity index (χ3n) is 2.17. The van der Waals surface area contributed by atoms with Crippen molar-refractivity contribution in [2.75, 3.05) is 18.5 Å². The highest BCUT2D eigenvalue weighted by Crippen LogP contribution is 2.30. The van der Waals surface area contributed by atoms with Gasteiger partial charge >= 0.3 is 0 Å². The molecule has 0 saturated heterocycles. The topological polar surface area (TPSA) is 66.6 Å². The summed E-state index contributed by atoms with van der Waals surface area (Å²) in [5, 5.41) is 20.9. The smallest absolute Gasteiger partial charge is 0.294 e. The Kier molecular flexibility index (Phi) is 3.95. The highest BCUT2D eigenvalue weighted by atomic mass is 35.5. The van der Waals surface area contributed by atoms with Gasteiger partial charge in [0.05, 0.1) is 10.5 Å². The third-order valence-corrected chi connectivity index (χ3v) is 2.40. The van der Waals surface area contributed by atoms with E-state index in [4.69, 9.17) is 11.6 Å². The van der Waals surface area contributed by atoms with Crippen LogP contribution in [0.1, 0.15) is 13.8 Å². The Labute approximate surface area is 105 Å². The molecule has 0 radical (unpaired) electrons. The maximum absolute atomic E-state index is 10.9. The SMILES string of the molecule is CN(CC(C)(C)O)c1ccc(Cl)cc1[N+](=O)[O-]. The van der Waals surface area contributed by atoms with Gasteiger partial charge in [-0.15, -0.1) is 0 Å². The highest BCUT2D eigenvalue weighted by molar-refractivity contribution is 6.30. The van der Waals surface area contributed by atoms with E-state index in [0.717, 1.165) is 0 Å². The Morgan fingerprint density at radius 1 is 1.53 bits per heavy atom. The van der Waals surface area contributed by atoms with Crippen LogP contribution >= 0.6 is 11.6 Å². The predicted octanol–water partition coefficient (Wildman–Crippen LogP) is 2.46. The predicted molar refractivity (Wildman–Crippen MR) is 67.7 cm³/mol. The lowest BCUT2D eigenvalue weighted by atomic mass is 10.1. The second kappa shape index (κ2) is 4.89. The van der Waals surface area contributed by atoms with E-state index in [0.29, 0.717) is 10.7 Å². The van der Waals surface area contributed by atoms with Gasteiger partial charge in [-0.2, -0.15) is 0 Å². The Morgan fingerprint density at radius 2 is 2.12 bits per heavy atom. The number of benzene rings is 1. The van der Waals surface area contributed by atoms with Crippen molar-refractivity contribution in [3.8, 4) is 0 Å². The molecular formula is C11H15ClN2O3. The molecule has 0 aliphatic heterocycles. The van der Waals surface area contributed by atoms with Crippen LogP contribution in [0.2, 0.25) is 5.02 Å². The molecule has 0 saturated carbocycles. The molecule has 0 aromatic heterocycles. The molecule has 0 bridgehead atoms. The van der Waals surface area contributed by atoms with Crippen LogP contribution < -0.4 is 4.90 Å². The van der Waals surface area contributed by atoms with Gasteiger partial charge in [-0.1, -0.05) is 11.6 Å². The molecule has 0 unspecified atom stereocenters. The number of nitro groups is 1. The number of hydrogen-bond donors (Lipinski definition) is 1. The lowest BCUT2D eigenvalue weighted by molar-refractivity contribution is -0.384. The van der Waals surface area contributed by atoms with Crippen LogP contribution in [0.15, 0.2) is 18.2 Å². The molecule has 5 nitrogen and oxygen atoms in total. The van der Waals surface area contributed by atoms with Crippen LogP contribution in [0.4, 0.5) is 11.4 Å². The quantitative estimate of drug-likeness (QED) is 0.665. The molecule has 94 valence electrons. The van der Waals surface area contributed by atoms with Gasteiger partial charge in [0.15, 0.2) is 0 Å². The van der Waals surface area contributed by atoms with E-state index < -0.39 is 10.5 Å². The van der Waals surface area contributed by atoms with Crippen molar-refractivity contribution in [3.05, 3.63) is 33.3 Å². The first-order valence-corrected chi connectivity index (χ1v) is 5.46. The standard InChI is InChI=1S/C11H15ClN2O3/c1-11(2,15)7-13(3)9-5-4-8(12)6-10(9)14(16)17/h4-6,15H,7H2,1-3H3. The van der Waals surface area contributed by atoms with Crippen molar-refractivity contribution in [1.82, 2.24) is 0 Å². The van der Waals surface area contributed by atoms with E-state index in [1.165, 1.54) is 6.07 Å². The van der Waals surface area contributed by atoms with Crippen LogP contribution in [-0.4, -0.2) is 29.2 Å². The van der Waals surface area contributed by atoms with Crippen molar-refractivity contribution in [3.63, 3.8) is 0 Å². The average Bonchev–Trinajstić information content (AvgIpc) is 2.14. The first-order valence-electron chi connectivity index (χ1n) is 5.08. The Balaban J connectivity index is 3.09. The molecular weight excluding hydrogens is 244 g/mol. The zero-order valence-electron chi connectivity index (χ0n) is 9.98. The van der Waals surface area contributed by atoms with Crippen LogP contribution in [0, 0.1) is 10.1 Å². The molecule has 0 spiro atoms. The van der Waals surface area contributed by atoms with Gasteiger partial charge in [-0.3, -0.25) is 10.1 Å². The summed E-state index contributed by atoms with van der Waals surface area (Å²) in [6.45, 7) is 3.58. The monoisotopic (exact) mass is 258 g/mol. The fraction of sp³-hybridized carbons (Fsp3) is 0.455. The molecule has 0 heterocycles. The number of hydrogen-bond acceptors (Lipinski definition) is 4. The maximum atomic E-state index is 10.9. The molecule has 0 fully saturated rings. The van der Waals surface area contributed by atoms with Crippen molar-refractivity contribution in [2.45, 2.75) is 19.4 Å². The summed E-state index contributed by atoms with van der Waals surface area (Å²) in [4.78, 5) is 12.1. The minimum absolute atomic E-state index is 0.0655. The van der Waals surface area contributed by atoms with E-state index >= 15 is 0 Å². The number of nitro benzene ring substituents is 1. The molecule has 0 atom stereocenters. The van der Waals surface area contributed by atoms with Gasteiger partial charge in [-0.05, 0) is 26.0 Å². The summed E-state index contributed by atoms with van der Waals surface area (Å²) in [5.74, 6) is 0. The first-order chi connectivity index (χ1) is 7.70. The van der Waals surface area contributed by atoms with Gasteiger partial charge in [0.2, 0.25) is 0 Å². The molecule has 1 aromatic rings. The normalized spacial score (nSPS) is 11.4. The number of aliphatic hydroxyl groups is 1. The number of rotatable bonds is 4. The number of anilines is 1. The third kappa shape index (κ3) is 3.87. The fourth-order valence-electron chi connectivity index (χ4n) is 1.63. The second-order valence-electron chi connectivity index (χ2n) is 4.56. The van der Waals surface area contributed by atoms with Gasteiger partial charge in [0.1, 0.15) is 5.69 Å². The zero-order chi connectivity index (χ0) is 13.2. The Bertz CT molecular complexity index is 429. The van der Waals surface area contributed by atoms with E-state index in [-0.39, 0.29) is 12.2 Å². The van der Waals surface area contributed by atoms with Crippen LogP contribution in [-0.2, 0) is 0 Å². The average molecular weight is 259 g/mol. The highest BCUT2D eigenvalue weighted by Gasteiger charge is 2.22. The van der Waals surface area contributed by atoms with E-state index in [9.17, 15) is 15.2 Å². The Morgan fingerprint density at radius 3 is 2.59 bits per heavy atom. The molecule has 1 aromatic carbocycles. The van der Waals surface area contributed by atoms with Crippen molar-refractivity contribution >= 4 is 23.0 Å². The fourth-order valence-corrected chi connectivity index (χ4v) is 1.80. The van der Waals surface area contributed by atoms with Gasteiger partial charge < -0.3 is 10.0 Å². The zero-order valence-corrected chi connectivity index (χ0v) is 10.7. The number of likely N-dealkylation sites (N-methyl/N-ethyl adjacent to an activating group) is 1. The minimum atomic E-state index is -0.928. The number of nitrogens with zero attached hydrogens (tertiary/aromatic N) is 2.